The van der Waals surface area contributed by atoms with E-state index in [1.807, 2.05) is 6.08 Å². The summed E-state index contributed by atoms with van der Waals surface area (Å²) in [6, 6.07) is 1.38. The lowest BCUT2D eigenvalue weighted by Crippen LogP contribution is -2.49. The average Bonchev–Trinajstić information content (AvgIpc) is 2.79. The topological polar surface area (TPSA) is 35.6 Å². The van der Waals surface area contributed by atoms with Crippen LogP contribution in [0.3, 0.4) is 0 Å². The molecule has 2 unspecified atom stereocenters. The quantitative estimate of drug-likeness (QED) is 0.785. The summed E-state index contributed by atoms with van der Waals surface area (Å²) >= 11 is 0. The number of carbonyl (C=O) groups is 1. The van der Waals surface area contributed by atoms with E-state index < -0.39 is 0 Å². The van der Waals surface area contributed by atoms with Crippen LogP contribution in [0.1, 0.15) is 32.1 Å². The fourth-order valence-corrected chi connectivity index (χ4v) is 4.08. The molecule has 20 heavy (non-hydrogen) atoms. The van der Waals surface area contributed by atoms with Crippen molar-refractivity contribution in [3.8, 4) is 0 Å². The lowest BCUT2D eigenvalue weighted by atomic mass is 9.89. The zero-order valence-corrected chi connectivity index (χ0v) is 12.4. The molecule has 112 valence electrons. The maximum atomic E-state index is 12.4. The van der Waals surface area contributed by atoms with Crippen LogP contribution in [0.5, 0.6) is 0 Å². The van der Waals surface area contributed by atoms with E-state index in [4.69, 9.17) is 0 Å². The molecule has 4 nitrogen and oxygen atoms in total. The standard InChI is InChI=1S/C16H27N3O/c1-2-5-18-6-8-19(9-7-18)16(20)12-13-10-14-3-4-15(11-13)17-14/h2,13-15,17H,1,3-12H2. The van der Waals surface area contributed by atoms with Crippen molar-refractivity contribution in [2.45, 2.75) is 44.2 Å². The molecule has 0 saturated carbocycles. The third-order valence-corrected chi connectivity index (χ3v) is 5.15. The summed E-state index contributed by atoms with van der Waals surface area (Å²) in [6.07, 6.45) is 7.76. The predicted molar refractivity (Wildman–Crippen MR) is 80.5 cm³/mol. The molecule has 0 aromatic carbocycles. The number of hydrogen-bond donors (Lipinski definition) is 1. The Morgan fingerprint density at radius 2 is 1.80 bits per heavy atom. The highest BCUT2D eigenvalue weighted by Gasteiger charge is 2.35. The summed E-state index contributed by atoms with van der Waals surface area (Å²) in [5, 5.41) is 3.65. The molecule has 0 spiro atoms. The summed E-state index contributed by atoms with van der Waals surface area (Å²) in [7, 11) is 0. The Hall–Kier alpha value is -0.870. The van der Waals surface area contributed by atoms with E-state index in [0.29, 0.717) is 23.9 Å². The minimum Gasteiger partial charge on any atom is -0.340 e. The number of piperidine rings is 1. The zero-order valence-electron chi connectivity index (χ0n) is 12.4. The van der Waals surface area contributed by atoms with Crippen LogP contribution < -0.4 is 5.32 Å². The molecule has 0 aliphatic carbocycles. The molecule has 1 N–H and O–H groups in total. The van der Waals surface area contributed by atoms with Crippen molar-refractivity contribution in [1.82, 2.24) is 15.1 Å². The highest BCUT2D eigenvalue weighted by Crippen LogP contribution is 2.33. The molecule has 0 aromatic rings. The van der Waals surface area contributed by atoms with Gasteiger partial charge in [-0.25, -0.2) is 0 Å². The summed E-state index contributed by atoms with van der Waals surface area (Å²) < 4.78 is 0. The lowest BCUT2D eigenvalue weighted by Gasteiger charge is -2.36. The smallest absolute Gasteiger partial charge is 0.222 e. The van der Waals surface area contributed by atoms with Crippen molar-refractivity contribution in [2.24, 2.45) is 5.92 Å². The van der Waals surface area contributed by atoms with Crippen molar-refractivity contribution < 1.29 is 4.79 Å². The van der Waals surface area contributed by atoms with Gasteiger partial charge in [0, 0.05) is 51.2 Å². The van der Waals surface area contributed by atoms with E-state index in [1.165, 1.54) is 25.7 Å². The van der Waals surface area contributed by atoms with Crippen LogP contribution in [0, 0.1) is 5.92 Å². The molecule has 3 heterocycles. The molecule has 2 bridgehead atoms. The molecule has 0 radical (unpaired) electrons. The van der Waals surface area contributed by atoms with Crippen molar-refractivity contribution in [3.05, 3.63) is 12.7 Å². The zero-order chi connectivity index (χ0) is 13.9. The Morgan fingerprint density at radius 1 is 1.15 bits per heavy atom. The molecule has 3 aliphatic heterocycles. The molecule has 1 amide bonds. The predicted octanol–water partition coefficient (Wildman–Crippen LogP) is 1.24. The maximum absolute atomic E-state index is 12.4. The average molecular weight is 277 g/mol. The van der Waals surface area contributed by atoms with Crippen molar-refractivity contribution in [3.63, 3.8) is 0 Å². The van der Waals surface area contributed by atoms with E-state index in [2.05, 4.69) is 21.7 Å². The first-order chi connectivity index (χ1) is 9.74. The molecule has 3 rings (SSSR count). The third-order valence-electron chi connectivity index (χ3n) is 5.15. The van der Waals surface area contributed by atoms with E-state index >= 15 is 0 Å². The van der Waals surface area contributed by atoms with Gasteiger partial charge in [-0.15, -0.1) is 6.58 Å². The second kappa shape index (κ2) is 6.27. The van der Waals surface area contributed by atoms with E-state index in [1.54, 1.807) is 0 Å². The first kappa shape index (κ1) is 14.1. The number of nitrogens with one attached hydrogen (secondary N) is 1. The van der Waals surface area contributed by atoms with Crippen LogP contribution in [0.15, 0.2) is 12.7 Å². The van der Waals surface area contributed by atoms with Crippen LogP contribution >= 0.6 is 0 Å². The van der Waals surface area contributed by atoms with E-state index in [-0.39, 0.29) is 0 Å². The second-order valence-electron chi connectivity index (χ2n) is 6.65. The Balaban J connectivity index is 1.44. The molecule has 3 aliphatic rings. The van der Waals surface area contributed by atoms with Crippen molar-refractivity contribution >= 4 is 5.91 Å². The summed E-state index contributed by atoms with van der Waals surface area (Å²) in [5.41, 5.74) is 0. The van der Waals surface area contributed by atoms with Gasteiger partial charge in [0.2, 0.25) is 5.91 Å². The van der Waals surface area contributed by atoms with E-state index in [0.717, 1.165) is 39.1 Å². The molecule has 0 aromatic heterocycles. The normalized spacial score (nSPS) is 34.2. The van der Waals surface area contributed by atoms with E-state index in [9.17, 15) is 4.79 Å². The van der Waals surface area contributed by atoms with Crippen molar-refractivity contribution in [2.75, 3.05) is 32.7 Å². The van der Waals surface area contributed by atoms with Gasteiger partial charge in [0.1, 0.15) is 0 Å². The van der Waals surface area contributed by atoms with Gasteiger partial charge in [0.05, 0.1) is 0 Å². The van der Waals surface area contributed by atoms with Crippen LogP contribution in [0.2, 0.25) is 0 Å². The molecular formula is C16H27N3O. The number of fused-ring (bicyclic) bond motifs is 2. The van der Waals surface area contributed by atoms with Crippen LogP contribution in [-0.2, 0) is 4.79 Å². The number of piperazine rings is 1. The molecular weight excluding hydrogens is 250 g/mol. The minimum atomic E-state index is 0.384. The third kappa shape index (κ3) is 3.23. The summed E-state index contributed by atoms with van der Waals surface area (Å²) in [5.74, 6) is 1.00. The van der Waals surface area contributed by atoms with Crippen LogP contribution in [0.4, 0.5) is 0 Å². The number of carbonyl (C=O) groups excluding carboxylic acids is 1. The number of amides is 1. The van der Waals surface area contributed by atoms with Crippen LogP contribution in [-0.4, -0.2) is 60.5 Å². The van der Waals surface area contributed by atoms with Gasteiger partial charge in [0.15, 0.2) is 0 Å². The lowest BCUT2D eigenvalue weighted by molar-refractivity contribution is -0.134. The minimum absolute atomic E-state index is 0.384. The fourth-order valence-electron chi connectivity index (χ4n) is 4.08. The van der Waals surface area contributed by atoms with Gasteiger partial charge < -0.3 is 10.2 Å². The largest absolute Gasteiger partial charge is 0.340 e. The van der Waals surface area contributed by atoms with Crippen molar-refractivity contribution in [1.29, 1.82) is 0 Å². The first-order valence-electron chi connectivity index (χ1n) is 8.11. The molecule has 3 saturated heterocycles. The molecule has 3 fully saturated rings. The highest BCUT2D eigenvalue weighted by molar-refractivity contribution is 5.76. The summed E-state index contributed by atoms with van der Waals surface area (Å²) in [4.78, 5) is 16.9. The Bertz CT molecular complexity index is 351. The Labute approximate surface area is 122 Å². The van der Waals surface area contributed by atoms with Gasteiger partial charge in [-0.1, -0.05) is 6.08 Å². The molecule has 4 heteroatoms. The maximum Gasteiger partial charge on any atom is 0.222 e. The molecule has 2 atom stereocenters. The summed E-state index contributed by atoms with van der Waals surface area (Å²) in [6.45, 7) is 8.50. The van der Waals surface area contributed by atoms with Gasteiger partial charge >= 0.3 is 0 Å². The van der Waals surface area contributed by atoms with Gasteiger partial charge in [-0.2, -0.15) is 0 Å². The Morgan fingerprint density at radius 3 is 2.40 bits per heavy atom. The van der Waals surface area contributed by atoms with Gasteiger partial charge in [-0.3, -0.25) is 9.69 Å². The monoisotopic (exact) mass is 277 g/mol. The SMILES string of the molecule is C=CCN1CCN(C(=O)CC2CC3CCC(C2)N3)CC1. The second-order valence-corrected chi connectivity index (χ2v) is 6.65. The van der Waals surface area contributed by atoms with Gasteiger partial charge in [-0.05, 0) is 31.6 Å². The number of rotatable bonds is 4. The number of hydrogen-bond acceptors (Lipinski definition) is 3. The first-order valence-corrected chi connectivity index (χ1v) is 8.11. The fraction of sp³-hybridized carbons (Fsp3) is 0.812. The Kier molecular flexibility index (Phi) is 4.41. The highest BCUT2D eigenvalue weighted by atomic mass is 16.2. The van der Waals surface area contributed by atoms with Gasteiger partial charge in [0.25, 0.3) is 0 Å². The number of nitrogens with zero attached hydrogens (tertiary/aromatic N) is 2. The van der Waals surface area contributed by atoms with Crippen LogP contribution in [0.25, 0.3) is 0 Å².